The number of carbonyl (C=O) groups is 2. The van der Waals surface area contributed by atoms with Crippen LogP contribution < -0.4 is 5.32 Å². The van der Waals surface area contributed by atoms with E-state index in [0.717, 1.165) is 19.4 Å². The third-order valence-electron chi connectivity index (χ3n) is 4.75. The zero-order valence-electron chi connectivity index (χ0n) is 11.2. The largest absolute Gasteiger partial charge is 0.344 e. The van der Waals surface area contributed by atoms with Crippen LogP contribution in [0.25, 0.3) is 0 Å². The van der Waals surface area contributed by atoms with Crippen molar-refractivity contribution in [2.45, 2.75) is 45.6 Å². The number of hydrogen-bond donors (Lipinski definition) is 1. The lowest BCUT2D eigenvalue weighted by Crippen LogP contribution is -2.46. The van der Waals surface area contributed by atoms with Gasteiger partial charge in [0.05, 0.1) is 0 Å². The normalized spacial score (nSPS) is 35.1. The second-order valence-electron chi connectivity index (χ2n) is 6.81. The molecule has 1 saturated heterocycles. The molecular weight excluding hydrogens is 228 g/mol. The first-order valence-electron chi connectivity index (χ1n) is 7.05. The van der Waals surface area contributed by atoms with E-state index in [-0.39, 0.29) is 17.9 Å². The Balaban J connectivity index is 1.68. The number of carbonyl (C=O) groups excluding carboxylic acids is 2. The van der Waals surface area contributed by atoms with E-state index in [1.807, 2.05) is 4.90 Å². The fourth-order valence-electron chi connectivity index (χ4n) is 2.93. The summed E-state index contributed by atoms with van der Waals surface area (Å²) in [5.74, 6) is 1.22. The molecule has 0 aromatic rings. The molecule has 3 rings (SSSR count). The number of hydrogen-bond acceptors (Lipinski definition) is 2. The molecule has 1 aliphatic heterocycles. The summed E-state index contributed by atoms with van der Waals surface area (Å²) in [6, 6.07) is -0.234. The Kier molecular flexibility index (Phi) is 2.65. The lowest BCUT2D eigenvalue weighted by Gasteiger charge is -2.24. The highest BCUT2D eigenvalue weighted by atomic mass is 16.2. The van der Waals surface area contributed by atoms with Gasteiger partial charge in [0.25, 0.3) is 0 Å². The van der Waals surface area contributed by atoms with Gasteiger partial charge in [0.1, 0.15) is 6.04 Å². The number of nitrogens with one attached hydrogen (secondary N) is 1. The summed E-state index contributed by atoms with van der Waals surface area (Å²) in [6.45, 7) is 5.94. The van der Waals surface area contributed by atoms with Crippen LogP contribution in [0.1, 0.15) is 39.5 Å². The van der Waals surface area contributed by atoms with Crippen LogP contribution in [0.4, 0.5) is 0 Å². The Hall–Kier alpha value is -1.06. The first kappa shape index (κ1) is 12.0. The van der Waals surface area contributed by atoms with Crippen molar-refractivity contribution in [1.82, 2.24) is 10.2 Å². The molecule has 3 aliphatic rings. The van der Waals surface area contributed by atoms with Crippen molar-refractivity contribution in [3.05, 3.63) is 0 Å². The lowest BCUT2D eigenvalue weighted by atomic mass is 10.1. The molecule has 1 N–H and O–H groups in total. The first-order chi connectivity index (χ1) is 8.47. The summed E-state index contributed by atoms with van der Waals surface area (Å²) in [5.41, 5.74) is 0.388. The Labute approximate surface area is 108 Å². The van der Waals surface area contributed by atoms with Gasteiger partial charge in [0.2, 0.25) is 11.8 Å². The van der Waals surface area contributed by atoms with Crippen molar-refractivity contribution in [3.8, 4) is 0 Å². The maximum Gasteiger partial charge on any atom is 0.245 e. The summed E-state index contributed by atoms with van der Waals surface area (Å²) in [6.07, 6.45) is 3.83. The molecule has 2 aliphatic carbocycles. The third-order valence-corrected chi connectivity index (χ3v) is 4.75. The van der Waals surface area contributed by atoms with Gasteiger partial charge < -0.3 is 10.2 Å². The van der Waals surface area contributed by atoms with Crippen molar-refractivity contribution < 1.29 is 9.59 Å². The SMILES string of the molecule is CC1(C)CC1CN1CCC(=O)NC(C2CC2)C1=O. The van der Waals surface area contributed by atoms with Crippen molar-refractivity contribution in [2.75, 3.05) is 13.1 Å². The van der Waals surface area contributed by atoms with Gasteiger partial charge in [0, 0.05) is 19.5 Å². The Morgan fingerprint density at radius 1 is 1.33 bits per heavy atom. The molecule has 0 radical (unpaired) electrons. The Bertz CT molecular complexity index is 387. The standard InChI is InChI=1S/C14H22N2O2/c1-14(2)7-10(14)8-16-6-5-11(17)15-12(13(16)18)9-3-4-9/h9-10,12H,3-8H2,1-2H3,(H,15,17). The molecule has 0 aromatic heterocycles. The van der Waals surface area contributed by atoms with E-state index in [1.54, 1.807) is 0 Å². The van der Waals surface area contributed by atoms with Gasteiger partial charge >= 0.3 is 0 Å². The molecule has 4 nitrogen and oxygen atoms in total. The molecule has 0 bridgehead atoms. The smallest absolute Gasteiger partial charge is 0.245 e. The highest BCUT2D eigenvalue weighted by Gasteiger charge is 2.48. The molecule has 4 heteroatoms. The van der Waals surface area contributed by atoms with E-state index in [9.17, 15) is 9.59 Å². The maximum atomic E-state index is 12.5. The van der Waals surface area contributed by atoms with Crippen LogP contribution >= 0.6 is 0 Å². The van der Waals surface area contributed by atoms with Gasteiger partial charge in [-0.2, -0.15) is 0 Å². The summed E-state index contributed by atoms with van der Waals surface area (Å²) in [4.78, 5) is 26.0. The Morgan fingerprint density at radius 2 is 2.00 bits per heavy atom. The molecule has 0 spiro atoms. The minimum absolute atomic E-state index is 0.0396. The van der Waals surface area contributed by atoms with Crippen molar-refractivity contribution in [1.29, 1.82) is 0 Å². The molecule has 2 saturated carbocycles. The van der Waals surface area contributed by atoms with E-state index >= 15 is 0 Å². The summed E-state index contributed by atoms with van der Waals surface area (Å²) in [5, 5.41) is 2.90. The third kappa shape index (κ3) is 2.25. The van der Waals surface area contributed by atoms with Gasteiger partial charge in [-0.1, -0.05) is 13.8 Å². The van der Waals surface area contributed by atoms with Crippen LogP contribution in [-0.2, 0) is 9.59 Å². The maximum absolute atomic E-state index is 12.5. The van der Waals surface area contributed by atoms with Crippen LogP contribution in [0.2, 0.25) is 0 Å². The zero-order valence-corrected chi connectivity index (χ0v) is 11.2. The molecule has 100 valence electrons. The second-order valence-corrected chi connectivity index (χ2v) is 6.81. The van der Waals surface area contributed by atoms with Gasteiger partial charge in [-0.3, -0.25) is 9.59 Å². The predicted octanol–water partition coefficient (Wildman–Crippen LogP) is 1.16. The van der Waals surface area contributed by atoms with E-state index < -0.39 is 0 Å². The molecular formula is C14H22N2O2. The minimum atomic E-state index is -0.234. The van der Waals surface area contributed by atoms with E-state index in [2.05, 4.69) is 19.2 Å². The number of amides is 2. The first-order valence-corrected chi connectivity index (χ1v) is 7.05. The van der Waals surface area contributed by atoms with Crippen LogP contribution in [-0.4, -0.2) is 35.8 Å². The fourth-order valence-corrected chi connectivity index (χ4v) is 2.93. The van der Waals surface area contributed by atoms with Crippen LogP contribution in [0, 0.1) is 17.3 Å². The van der Waals surface area contributed by atoms with Gasteiger partial charge in [-0.15, -0.1) is 0 Å². The van der Waals surface area contributed by atoms with Crippen molar-refractivity contribution >= 4 is 11.8 Å². The van der Waals surface area contributed by atoms with Crippen LogP contribution in [0.15, 0.2) is 0 Å². The van der Waals surface area contributed by atoms with E-state index in [0.29, 0.717) is 30.2 Å². The topological polar surface area (TPSA) is 49.4 Å². The van der Waals surface area contributed by atoms with Gasteiger partial charge in [-0.05, 0) is 36.5 Å². The van der Waals surface area contributed by atoms with E-state index in [4.69, 9.17) is 0 Å². The van der Waals surface area contributed by atoms with Crippen molar-refractivity contribution in [2.24, 2.45) is 17.3 Å². The number of nitrogens with zero attached hydrogens (tertiary/aromatic N) is 1. The van der Waals surface area contributed by atoms with Crippen LogP contribution in [0.5, 0.6) is 0 Å². The monoisotopic (exact) mass is 250 g/mol. The van der Waals surface area contributed by atoms with Crippen LogP contribution in [0.3, 0.4) is 0 Å². The van der Waals surface area contributed by atoms with Gasteiger partial charge in [0.15, 0.2) is 0 Å². The quantitative estimate of drug-likeness (QED) is 0.817. The molecule has 2 amide bonds. The van der Waals surface area contributed by atoms with Crippen molar-refractivity contribution in [3.63, 3.8) is 0 Å². The molecule has 3 fully saturated rings. The second kappa shape index (κ2) is 3.97. The van der Waals surface area contributed by atoms with Gasteiger partial charge in [-0.25, -0.2) is 0 Å². The molecule has 2 unspecified atom stereocenters. The molecule has 18 heavy (non-hydrogen) atoms. The summed E-state index contributed by atoms with van der Waals surface area (Å²) in [7, 11) is 0. The predicted molar refractivity (Wildman–Crippen MR) is 67.7 cm³/mol. The zero-order chi connectivity index (χ0) is 12.9. The lowest BCUT2D eigenvalue weighted by molar-refractivity contribution is -0.134. The summed E-state index contributed by atoms with van der Waals surface area (Å²) < 4.78 is 0. The van der Waals surface area contributed by atoms with E-state index in [1.165, 1.54) is 6.42 Å². The highest BCUT2D eigenvalue weighted by molar-refractivity contribution is 5.90. The molecule has 0 aromatic carbocycles. The average Bonchev–Trinajstić information content (AvgIpc) is 3.17. The molecule has 1 heterocycles. The highest BCUT2D eigenvalue weighted by Crippen LogP contribution is 2.52. The minimum Gasteiger partial charge on any atom is -0.344 e. The number of rotatable bonds is 3. The molecule has 2 atom stereocenters. The fraction of sp³-hybridized carbons (Fsp3) is 0.857. The average molecular weight is 250 g/mol. The Morgan fingerprint density at radius 3 is 2.56 bits per heavy atom. The summed E-state index contributed by atoms with van der Waals surface area (Å²) >= 11 is 0.